The third-order valence-corrected chi connectivity index (χ3v) is 3.65. The molecule has 2 aromatic heterocycles. The zero-order valence-corrected chi connectivity index (χ0v) is 12.2. The van der Waals surface area contributed by atoms with Gasteiger partial charge in [-0.1, -0.05) is 0 Å². The average Bonchev–Trinajstić information content (AvgIpc) is 3.14. The SMILES string of the molecule is Cc1c(C(=O)NCC2CCCO2)cnn1-c1cc(=O)[nH]cn1. The fourth-order valence-electron chi connectivity index (χ4n) is 2.44. The molecule has 1 saturated heterocycles. The minimum atomic E-state index is -0.274. The standard InChI is InChI=1S/C14H17N5O3/c1-9-11(14(21)15-6-10-3-2-4-22-10)7-18-19(9)12-5-13(20)17-8-16-12/h5,7-8,10H,2-4,6H2,1H3,(H,15,21)(H,16,17,20). The van der Waals surface area contributed by atoms with Crippen molar-refractivity contribution in [3.63, 3.8) is 0 Å². The van der Waals surface area contributed by atoms with Gasteiger partial charge in [-0.05, 0) is 19.8 Å². The van der Waals surface area contributed by atoms with Gasteiger partial charge in [0.05, 0.1) is 29.9 Å². The molecule has 0 saturated carbocycles. The van der Waals surface area contributed by atoms with E-state index < -0.39 is 0 Å². The Bertz CT molecular complexity index is 730. The first-order valence-electron chi connectivity index (χ1n) is 7.14. The fraction of sp³-hybridized carbons (Fsp3) is 0.429. The van der Waals surface area contributed by atoms with Gasteiger partial charge in [-0.3, -0.25) is 9.59 Å². The van der Waals surface area contributed by atoms with E-state index in [1.807, 2.05) is 0 Å². The molecule has 8 nitrogen and oxygen atoms in total. The van der Waals surface area contributed by atoms with Gasteiger partial charge in [0.2, 0.25) is 0 Å². The number of amides is 1. The van der Waals surface area contributed by atoms with E-state index in [4.69, 9.17) is 4.74 Å². The molecule has 1 unspecified atom stereocenters. The van der Waals surface area contributed by atoms with E-state index in [9.17, 15) is 9.59 Å². The molecule has 0 aromatic carbocycles. The zero-order chi connectivity index (χ0) is 15.5. The quantitative estimate of drug-likeness (QED) is 0.838. The smallest absolute Gasteiger partial charge is 0.254 e. The number of hydrogen-bond donors (Lipinski definition) is 2. The number of carbonyl (C=O) groups excluding carboxylic acids is 1. The van der Waals surface area contributed by atoms with E-state index in [0.717, 1.165) is 19.4 Å². The Kier molecular flexibility index (Phi) is 4.01. The van der Waals surface area contributed by atoms with E-state index >= 15 is 0 Å². The molecular formula is C14H17N5O3. The Morgan fingerprint density at radius 3 is 3.18 bits per heavy atom. The molecule has 1 aliphatic rings. The highest BCUT2D eigenvalue weighted by atomic mass is 16.5. The molecule has 1 amide bonds. The van der Waals surface area contributed by atoms with Crippen LogP contribution in [0, 0.1) is 6.92 Å². The van der Waals surface area contributed by atoms with E-state index in [-0.39, 0.29) is 17.6 Å². The second-order valence-corrected chi connectivity index (χ2v) is 5.17. The van der Waals surface area contributed by atoms with Crippen molar-refractivity contribution in [3.8, 4) is 5.82 Å². The van der Waals surface area contributed by atoms with Crippen LogP contribution < -0.4 is 10.9 Å². The van der Waals surface area contributed by atoms with Gasteiger partial charge >= 0.3 is 0 Å². The second-order valence-electron chi connectivity index (χ2n) is 5.17. The van der Waals surface area contributed by atoms with Gasteiger partial charge in [0.15, 0.2) is 5.82 Å². The van der Waals surface area contributed by atoms with Crippen molar-refractivity contribution >= 4 is 5.91 Å². The van der Waals surface area contributed by atoms with Crippen LogP contribution in [-0.2, 0) is 4.74 Å². The number of aromatic nitrogens is 4. The molecule has 2 aromatic rings. The molecule has 1 atom stereocenters. The number of ether oxygens (including phenoxy) is 1. The van der Waals surface area contributed by atoms with Crippen LogP contribution in [0.5, 0.6) is 0 Å². The Morgan fingerprint density at radius 2 is 2.45 bits per heavy atom. The summed E-state index contributed by atoms with van der Waals surface area (Å²) in [6, 6.07) is 1.33. The molecule has 1 fully saturated rings. The number of hydrogen-bond acceptors (Lipinski definition) is 5. The summed E-state index contributed by atoms with van der Waals surface area (Å²) in [7, 11) is 0. The van der Waals surface area contributed by atoms with Crippen LogP contribution in [0.4, 0.5) is 0 Å². The Morgan fingerprint density at radius 1 is 1.59 bits per heavy atom. The van der Waals surface area contributed by atoms with Crippen molar-refractivity contribution in [2.45, 2.75) is 25.9 Å². The predicted molar refractivity (Wildman–Crippen MR) is 78.0 cm³/mol. The lowest BCUT2D eigenvalue weighted by Crippen LogP contribution is -2.32. The van der Waals surface area contributed by atoms with Crippen molar-refractivity contribution in [1.82, 2.24) is 25.1 Å². The van der Waals surface area contributed by atoms with Gasteiger partial charge < -0.3 is 15.0 Å². The van der Waals surface area contributed by atoms with Gasteiger partial charge in [-0.2, -0.15) is 5.10 Å². The highest BCUT2D eigenvalue weighted by molar-refractivity contribution is 5.95. The van der Waals surface area contributed by atoms with Crippen LogP contribution in [0.25, 0.3) is 5.82 Å². The minimum absolute atomic E-state index is 0.0913. The molecule has 0 bridgehead atoms. The maximum absolute atomic E-state index is 12.2. The largest absolute Gasteiger partial charge is 0.376 e. The summed E-state index contributed by atoms with van der Waals surface area (Å²) in [6.45, 7) is 3.01. The monoisotopic (exact) mass is 303 g/mol. The Balaban J connectivity index is 1.75. The lowest BCUT2D eigenvalue weighted by atomic mass is 10.2. The van der Waals surface area contributed by atoms with Crippen LogP contribution in [0.3, 0.4) is 0 Å². The number of H-pyrrole nitrogens is 1. The summed E-state index contributed by atoms with van der Waals surface area (Å²) in [4.78, 5) is 30.0. The Hall–Kier alpha value is -2.48. The van der Waals surface area contributed by atoms with Crippen LogP contribution in [0.1, 0.15) is 28.9 Å². The molecule has 3 rings (SSSR count). The molecule has 22 heavy (non-hydrogen) atoms. The highest BCUT2D eigenvalue weighted by Crippen LogP contribution is 2.13. The number of carbonyl (C=O) groups is 1. The number of nitrogens with zero attached hydrogens (tertiary/aromatic N) is 3. The summed E-state index contributed by atoms with van der Waals surface area (Å²) in [6.07, 6.45) is 4.87. The number of rotatable bonds is 4. The molecule has 0 aliphatic carbocycles. The molecule has 0 spiro atoms. The molecule has 1 aliphatic heterocycles. The maximum atomic E-state index is 12.2. The first kappa shape index (κ1) is 14.5. The van der Waals surface area contributed by atoms with Crippen molar-refractivity contribution in [3.05, 3.63) is 40.2 Å². The third kappa shape index (κ3) is 2.91. The highest BCUT2D eigenvalue weighted by Gasteiger charge is 2.19. The van der Waals surface area contributed by atoms with E-state index in [2.05, 4.69) is 20.4 Å². The van der Waals surface area contributed by atoms with Crippen LogP contribution in [0.2, 0.25) is 0 Å². The molecule has 8 heteroatoms. The first-order valence-corrected chi connectivity index (χ1v) is 7.14. The van der Waals surface area contributed by atoms with Gasteiger partial charge in [-0.25, -0.2) is 9.67 Å². The molecule has 3 heterocycles. The summed E-state index contributed by atoms with van der Waals surface area (Å²) in [5.74, 6) is 0.170. The lowest BCUT2D eigenvalue weighted by Gasteiger charge is -2.10. The summed E-state index contributed by atoms with van der Waals surface area (Å²) < 4.78 is 6.94. The van der Waals surface area contributed by atoms with Crippen molar-refractivity contribution in [2.24, 2.45) is 0 Å². The normalized spacial score (nSPS) is 17.6. The number of aromatic amines is 1. The summed E-state index contributed by atoms with van der Waals surface area (Å²) >= 11 is 0. The van der Waals surface area contributed by atoms with Crippen molar-refractivity contribution in [2.75, 3.05) is 13.2 Å². The fourth-order valence-corrected chi connectivity index (χ4v) is 2.44. The topological polar surface area (TPSA) is 102 Å². The van der Waals surface area contributed by atoms with Crippen molar-refractivity contribution < 1.29 is 9.53 Å². The lowest BCUT2D eigenvalue weighted by molar-refractivity contribution is 0.0857. The predicted octanol–water partition coefficient (Wildman–Crippen LogP) is 0.173. The van der Waals surface area contributed by atoms with E-state index in [1.165, 1.54) is 23.3 Å². The van der Waals surface area contributed by atoms with Gasteiger partial charge in [0, 0.05) is 19.2 Å². The zero-order valence-electron chi connectivity index (χ0n) is 12.2. The average molecular weight is 303 g/mol. The molecule has 2 N–H and O–H groups in total. The summed E-state index contributed by atoms with van der Waals surface area (Å²) in [5.41, 5.74) is 0.812. The first-order chi connectivity index (χ1) is 10.6. The van der Waals surface area contributed by atoms with Crippen LogP contribution >= 0.6 is 0 Å². The van der Waals surface area contributed by atoms with Crippen molar-refractivity contribution in [1.29, 1.82) is 0 Å². The number of nitrogens with one attached hydrogen (secondary N) is 2. The summed E-state index contributed by atoms with van der Waals surface area (Å²) in [5, 5.41) is 6.99. The molecule has 0 radical (unpaired) electrons. The minimum Gasteiger partial charge on any atom is -0.376 e. The Labute approximate surface area is 126 Å². The van der Waals surface area contributed by atoms with Crippen LogP contribution in [0.15, 0.2) is 23.4 Å². The van der Waals surface area contributed by atoms with E-state index in [0.29, 0.717) is 23.6 Å². The maximum Gasteiger partial charge on any atom is 0.254 e. The van der Waals surface area contributed by atoms with Gasteiger partial charge in [-0.15, -0.1) is 0 Å². The van der Waals surface area contributed by atoms with Crippen LogP contribution in [-0.4, -0.2) is 44.9 Å². The third-order valence-electron chi connectivity index (χ3n) is 3.65. The second kappa shape index (κ2) is 6.10. The van der Waals surface area contributed by atoms with Gasteiger partial charge in [0.1, 0.15) is 0 Å². The molecular weight excluding hydrogens is 286 g/mol. The van der Waals surface area contributed by atoms with E-state index in [1.54, 1.807) is 6.92 Å². The molecule has 116 valence electrons. The van der Waals surface area contributed by atoms with Gasteiger partial charge in [0.25, 0.3) is 11.5 Å².